The molecule has 0 spiro atoms. The summed E-state index contributed by atoms with van der Waals surface area (Å²) >= 11 is 0. The molecule has 170 valence electrons. The van der Waals surface area contributed by atoms with E-state index in [2.05, 4.69) is 10.6 Å². The number of amides is 2. The zero-order chi connectivity index (χ0) is 22.0. The van der Waals surface area contributed by atoms with Crippen molar-refractivity contribution in [2.24, 2.45) is 0 Å². The third-order valence-corrected chi connectivity index (χ3v) is 6.38. The Bertz CT molecular complexity index is 808. The smallest absolute Gasteiger partial charge is 0.238 e. The highest BCUT2D eigenvalue weighted by atomic mass is 16.6. The number of benzene rings is 1. The molecule has 1 aromatic carbocycles. The minimum Gasteiger partial charge on any atom is -0.487 e. The zero-order valence-electron chi connectivity index (χ0n) is 18.3. The van der Waals surface area contributed by atoms with E-state index >= 15 is 0 Å². The van der Waals surface area contributed by atoms with Gasteiger partial charge in [0.2, 0.25) is 11.8 Å². The number of carbonyl (C=O) groups is 2. The number of fused-ring (bicyclic) bond motifs is 3. The number of hydrogen-bond donors (Lipinski definition) is 3. The lowest BCUT2D eigenvalue weighted by atomic mass is 9.84. The number of rotatable bonds is 7. The molecule has 2 heterocycles. The van der Waals surface area contributed by atoms with Gasteiger partial charge in [-0.05, 0) is 51.6 Å². The van der Waals surface area contributed by atoms with Crippen molar-refractivity contribution < 1.29 is 24.2 Å². The van der Waals surface area contributed by atoms with Crippen molar-refractivity contribution >= 4 is 17.5 Å². The molecule has 0 aromatic heterocycles. The average Bonchev–Trinajstić information content (AvgIpc) is 3.34. The Kier molecular flexibility index (Phi) is 6.79. The second kappa shape index (κ2) is 9.54. The van der Waals surface area contributed by atoms with E-state index in [4.69, 9.17) is 9.47 Å². The molecule has 4 rings (SSSR count). The van der Waals surface area contributed by atoms with Crippen LogP contribution in [0.5, 0.6) is 5.75 Å². The Morgan fingerprint density at radius 1 is 1.19 bits per heavy atom. The lowest BCUT2D eigenvalue weighted by Gasteiger charge is -2.37. The van der Waals surface area contributed by atoms with Gasteiger partial charge < -0.3 is 30.1 Å². The van der Waals surface area contributed by atoms with E-state index in [1.165, 1.54) is 12.8 Å². The van der Waals surface area contributed by atoms with E-state index in [9.17, 15) is 14.7 Å². The van der Waals surface area contributed by atoms with Crippen LogP contribution in [0, 0.1) is 0 Å². The van der Waals surface area contributed by atoms with Gasteiger partial charge in [-0.3, -0.25) is 9.59 Å². The standard InChI is InChI=1S/C23H33N3O5/c1-26(2)12-22(29)25-15-7-8-19-17(9-15)18-10-16(30-20(13-27)23(18)31-19)11-21(28)24-14-5-3-4-6-14/h7-9,14,16,18,20,23,27H,3-6,10-13H2,1-2H3,(H,24,28)(H,25,29)/t16-,18+,20+,23-/m1/s1. The van der Waals surface area contributed by atoms with E-state index in [0.717, 1.165) is 29.8 Å². The Morgan fingerprint density at radius 2 is 1.97 bits per heavy atom. The van der Waals surface area contributed by atoms with Crippen molar-refractivity contribution in [2.75, 3.05) is 32.6 Å². The molecule has 8 heteroatoms. The van der Waals surface area contributed by atoms with Crippen LogP contribution in [0.2, 0.25) is 0 Å². The summed E-state index contributed by atoms with van der Waals surface area (Å²) in [6.45, 7) is 0.139. The number of nitrogens with zero attached hydrogens (tertiary/aromatic N) is 1. The van der Waals surface area contributed by atoms with Gasteiger partial charge in [0, 0.05) is 23.2 Å². The summed E-state index contributed by atoms with van der Waals surface area (Å²) in [6.07, 6.45) is 4.30. The molecule has 0 bridgehead atoms. The van der Waals surface area contributed by atoms with Gasteiger partial charge in [-0.15, -0.1) is 0 Å². The molecule has 1 saturated heterocycles. The third-order valence-electron chi connectivity index (χ3n) is 6.38. The van der Waals surface area contributed by atoms with E-state index in [1.807, 2.05) is 37.2 Å². The van der Waals surface area contributed by atoms with Crippen molar-refractivity contribution in [1.82, 2.24) is 10.2 Å². The third kappa shape index (κ3) is 5.19. The Hall–Kier alpha value is -2.16. The van der Waals surface area contributed by atoms with Gasteiger partial charge in [0.05, 0.1) is 25.7 Å². The van der Waals surface area contributed by atoms with Crippen molar-refractivity contribution in [1.29, 1.82) is 0 Å². The molecule has 3 N–H and O–H groups in total. The van der Waals surface area contributed by atoms with E-state index < -0.39 is 6.10 Å². The number of ether oxygens (including phenoxy) is 2. The summed E-state index contributed by atoms with van der Waals surface area (Å²) in [5.41, 5.74) is 1.72. The Labute approximate surface area is 183 Å². The summed E-state index contributed by atoms with van der Waals surface area (Å²) in [5.74, 6) is 0.688. The number of aliphatic hydroxyl groups excluding tert-OH is 1. The summed E-state index contributed by atoms with van der Waals surface area (Å²) in [6, 6.07) is 5.91. The van der Waals surface area contributed by atoms with Crippen molar-refractivity contribution in [3.63, 3.8) is 0 Å². The maximum absolute atomic E-state index is 12.5. The Morgan fingerprint density at radius 3 is 2.68 bits per heavy atom. The number of hydrogen-bond acceptors (Lipinski definition) is 6. The number of anilines is 1. The van der Waals surface area contributed by atoms with Crippen LogP contribution in [-0.4, -0.2) is 73.4 Å². The topological polar surface area (TPSA) is 100 Å². The molecule has 2 fully saturated rings. The van der Waals surface area contributed by atoms with Crippen molar-refractivity contribution in [3.8, 4) is 5.75 Å². The van der Waals surface area contributed by atoms with E-state index in [-0.39, 0.29) is 49.0 Å². The van der Waals surface area contributed by atoms with Crippen molar-refractivity contribution in [2.45, 2.75) is 68.8 Å². The molecular weight excluding hydrogens is 398 g/mol. The minimum absolute atomic E-state index is 0.0101. The van der Waals surface area contributed by atoms with E-state index in [0.29, 0.717) is 13.0 Å². The van der Waals surface area contributed by atoms with Crippen LogP contribution in [0.3, 0.4) is 0 Å². The van der Waals surface area contributed by atoms with Gasteiger partial charge in [-0.25, -0.2) is 0 Å². The molecule has 4 atom stereocenters. The van der Waals surface area contributed by atoms with Crippen LogP contribution in [-0.2, 0) is 14.3 Å². The first-order chi connectivity index (χ1) is 14.9. The number of carbonyl (C=O) groups excluding carboxylic acids is 2. The monoisotopic (exact) mass is 431 g/mol. The molecule has 2 amide bonds. The van der Waals surface area contributed by atoms with Gasteiger partial charge in [0.15, 0.2) is 0 Å². The highest BCUT2D eigenvalue weighted by molar-refractivity contribution is 5.92. The molecule has 1 aliphatic carbocycles. The molecule has 0 unspecified atom stereocenters. The van der Waals surface area contributed by atoms with Gasteiger partial charge in [-0.2, -0.15) is 0 Å². The second-order valence-electron chi connectivity index (χ2n) is 9.20. The second-order valence-corrected chi connectivity index (χ2v) is 9.20. The number of likely N-dealkylation sites (N-methyl/N-ethyl adjacent to an activating group) is 1. The predicted molar refractivity (Wildman–Crippen MR) is 116 cm³/mol. The largest absolute Gasteiger partial charge is 0.487 e. The van der Waals surface area contributed by atoms with Crippen LogP contribution in [0.1, 0.15) is 50.0 Å². The first-order valence-corrected chi connectivity index (χ1v) is 11.2. The predicted octanol–water partition coefficient (Wildman–Crippen LogP) is 1.63. The molecule has 0 radical (unpaired) electrons. The average molecular weight is 432 g/mol. The zero-order valence-corrected chi connectivity index (χ0v) is 18.3. The maximum atomic E-state index is 12.5. The molecular formula is C23H33N3O5. The lowest BCUT2D eigenvalue weighted by molar-refractivity contribution is -0.142. The van der Waals surface area contributed by atoms with Crippen molar-refractivity contribution in [3.05, 3.63) is 23.8 Å². The molecule has 8 nitrogen and oxygen atoms in total. The van der Waals surface area contributed by atoms with Crippen LogP contribution in [0.25, 0.3) is 0 Å². The fourth-order valence-electron chi connectivity index (χ4n) is 5.02. The molecule has 1 saturated carbocycles. The first-order valence-electron chi connectivity index (χ1n) is 11.2. The quantitative estimate of drug-likeness (QED) is 0.607. The summed E-state index contributed by atoms with van der Waals surface area (Å²) in [4.78, 5) is 26.5. The SMILES string of the molecule is CN(C)CC(=O)Nc1ccc2c(c1)[C@@H]1C[C@H](CC(=O)NC3CCCC3)O[C@@H](CO)[C@@H]1O2. The molecule has 3 aliphatic rings. The fourth-order valence-corrected chi connectivity index (χ4v) is 5.02. The van der Waals surface area contributed by atoms with Gasteiger partial charge >= 0.3 is 0 Å². The van der Waals surface area contributed by atoms with Crippen LogP contribution < -0.4 is 15.4 Å². The van der Waals surface area contributed by atoms with Gasteiger partial charge in [-0.1, -0.05) is 12.8 Å². The first kappa shape index (κ1) is 22.0. The van der Waals surface area contributed by atoms with Gasteiger partial charge in [0.1, 0.15) is 18.0 Å². The molecule has 31 heavy (non-hydrogen) atoms. The van der Waals surface area contributed by atoms with Crippen LogP contribution >= 0.6 is 0 Å². The van der Waals surface area contributed by atoms with Crippen LogP contribution in [0.15, 0.2) is 18.2 Å². The normalized spacial score (nSPS) is 27.5. The summed E-state index contributed by atoms with van der Waals surface area (Å²) in [5, 5.41) is 15.9. The number of nitrogens with one attached hydrogen (secondary N) is 2. The van der Waals surface area contributed by atoms with Gasteiger partial charge in [0.25, 0.3) is 0 Å². The maximum Gasteiger partial charge on any atom is 0.238 e. The highest BCUT2D eigenvalue weighted by Gasteiger charge is 2.46. The number of aliphatic hydroxyl groups is 1. The van der Waals surface area contributed by atoms with Crippen LogP contribution in [0.4, 0.5) is 5.69 Å². The summed E-state index contributed by atoms with van der Waals surface area (Å²) in [7, 11) is 3.70. The molecule has 2 aliphatic heterocycles. The lowest BCUT2D eigenvalue weighted by Crippen LogP contribution is -2.47. The minimum atomic E-state index is -0.484. The Balaban J connectivity index is 1.44. The molecule has 1 aromatic rings. The van der Waals surface area contributed by atoms with E-state index in [1.54, 1.807) is 0 Å². The fraction of sp³-hybridized carbons (Fsp3) is 0.652. The highest BCUT2D eigenvalue weighted by Crippen LogP contribution is 2.47. The summed E-state index contributed by atoms with van der Waals surface area (Å²) < 4.78 is 12.1.